The van der Waals surface area contributed by atoms with E-state index in [1.807, 2.05) is 0 Å². The Morgan fingerprint density at radius 3 is 2.00 bits per heavy atom. The van der Waals surface area contributed by atoms with Gasteiger partial charge in [-0.15, -0.1) is 0 Å². The van der Waals surface area contributed by atoms with E-state index in [-0.39, 0.29) is 29.2 Å². The second-order valence-corrected chi connectivity index (χ2v) is 3.34. The predicted octanol–water partition coefficient (Wildman–Crippen LogP) is 0.979. The van der Waals surface area contributed by atoms with Crippen LogP contribution in [0.1, 0.15) is 27.6 Å². The summed E-state index contributed by atoms with van der Waals surface area (Å²) in [5.41, 5.74) is 5.50. The van der Waals surface area contributed by atoms with Crippen molar-refractivity contribution in [1.82, 2.24) is 0 Å². The largest absolute Gasteiger partial charge is 0.496 e. The zero-order chi connectivity index (χ0) is 13.7. The highest BCUT2D eigenvalue weighted by atomic mass is 16.5. The lowest BCUT2D eigenvalue weighted by atomic mass is 10.1. The van der Waals surface area contributed by atoms with E-state index >= 15 is 0 Å². The van der Waals surface area contributed by atoms with Crippen molar-refractivity contribution in [2.24, 2.45) is 5.73 Å². The molecular formula is C12H15NO5. The maximum absolute atomic E-state index is 11.8. The lowest BCUT2D eigenvalue weighted by Crippen LogP contribution is -2.14. The second-order valence-electron chi connectivity index (χ2n) is 3.34. The maximum Gasteiger partial charge on any atom is 0.345 e. The van der Waals surface area contributed by atoms with Crippen LogP contribution >= 0.6 is 0 Å². The number of methoxy groups -OCH3 is 2. The molecular weight excluding hydrogens is 238 g/mol. The van der Waals surface area contributed by atoms with E-state index in [9.17, 15) is 9.59 Å². The van der Waals surface area contributed by atoms with Gasteiger partial charge in [0.2, 0.25) is 5.91 Å². The Morgan fingerprint density at radius 2 is 1.67 bits per heavy atom. The molecule has 0 aromatic heterocycles. The van der Waals surface area contributed by atoms with E-state index in [0.717, 1.165) is 0 Å². The zero-order valence-corrected chi connectivity index (χ0v) is 10.5. The van der Waals surface area contributed by atoms with Crippen LogP contribution in [0.4, 0.5) is 0 Å². The van der Waals surface area contributed by atoms with Crippen LogP contribution in [-0.2, 0) is 4.74 Å². The number of benzene rings is 1. The topological polar surface area (TPSA) is 87.9 Å². The molecule has 2 N–H and O–H groups in total. The van der Waals surface area contributed by atoms with Gasteiger partial charge in [-0.2, -0.15) is 0 Å². The van der Waals surface area contributed by atoms with Crippen LogP contribution < -0.4 is 15.2 Å². The summed E-state index contributed by atoms with van der Waals surface area (Å²) < 4.78 is 15.0. The van der Waals surface area contributed by atoms with Crippen molar-refractivity contribution in [3.8, 4) is 11.5 Å². The summed E-state index contributed by atoms with van der Waals surface area (Å²) >= 11 is 0. The molecule has 0 bridgehead atoms. The fraction of sp³-hybridized carbons (Fsp3) is 0.333. The molecule has 0 fully saturated rings. The minimum Gasteiger partial charge on any atom is -0.496 e. The van der Waals surface area contributed by atoms with Gasteiger partial charge in [-0.05, 0) is 19.1 Å². The van der Waals surface area contributed by atoms with Crippen LogP contribution in [0.3, 0.4) is 0 Å². The predicted molar refractivity (Wildman–Crippen MR) is 64.0 cm³/mol. The quantitative estimate of drug-likeness (QED) is 0.790. The SMILES string of the molecule is CCOC(=O)c1c(OC)cc(C(N)=O)cc1OC. The number of amides is 1. The molecule has 1 aromatic rings. The van der Waals surface area contributed by atoms with Crippen molar-refractivity contribution < 1.29 is 23.8 Å². The van der Waals surface area contributed by atoms with Crippen molar-refractivity contribution in [3.63, 3.8) is 0 Å². The van der Waals surface area contributed by atoms with Crippen molar-refractivity contribution in [2.45, 2.75) is 6.92 Å². The van der Waals surface area contributed by atoms with Gasteiger partial charge in [-0.1, -0.05) is 0 Å². The lowest BCUT2D eigenvalue weighted by molar-refractivity contribution is 0.0518. The third kappa shape index (κ3) is 2.71. The Kier molecular flexibility index (Phi) is 4.53. The molecule has 0 aliphatic carbocycles. The summed E-state index contributed by atoms with van der Waals surface area (Å²) in [6.07, 6.45) is 0. The number of hydrogen-bond acceptors (Lipinski definition) is 5. The molecule has 1 rings (SSSR count). The van der Waals surface area contributed by atoms with Crippen LogP contribution in [0.5, 0.6) is 11.5 Å². The molecule has 0 atom stereocenters. The summed E-state index contributed by atoms with van der Waals surface area (Å²) in [7, 11) is 2.75. The lowest BCUT2D eigenvalue weighted by Gasteiger charge is -2.13. The van der Waals surface area contributed by atoms with E-state index in [4.69, 9.17) is 19.9 Å². The van der Waals surface area contributed by atoms with Crippen molar-refractivity contribution in [3.05, 3.63) is 23.3 Å². The summed E-state index contributed by atoms with van der Waals surface area (Å²) in [5, 5.41) is 0. The molecule has 0 radical (unpaired) electrons. The second kappa shape index (κ2) is 5.90. The highest BCUT2D eigenvalue weighted by molar-refractivity contribution is 6.00. The Bertz CT molecular complexity index is 445. The number of rotatable bonds is 5. The van der Waals surface area contributed by atoms with Crippen LogP contribution in [-0.4, -0.2) is 32.7 Å². The maximum atomic E-state index is 11.8. The van der Waals surface area contributed by atoms with Gasteiger partial charge >= 0.3 is 5.97 Å². The van der Waals surface area contributed by atoms with E-state index < -0.39 is 11.9 Å². The van der Waals surface area contributed by atoms with Crippen LogP contribution in [0.2, 0.25) is 0 Å². The average molecular weight is 253 g/mol. The average Bonchev–Trinajstić information content (AvgIpc) is 2.36. The minimum atomic E-state index is -0.637. The number of nitrogens with two attached hydrogens (primary N) is 1. The number of hydrogen-bond donors (Lipinski definition) is 1. The molecule has 6 heteroatoms. The zero-order valence-electron chi connectivity index (χ0n) is 10.5. The first-order valence-electron chi connectivity index (χ1n) is 5.28. The molecule has 1 aromatic carbocycles. The molecule has 6 nitrogen and oxygen atoms in total. The first-order chi connectivity index (χ1) is 8.54. The van der Waals surface area contributed by atoms with E-state index in [1.54, 1.807) is 6.92 Å². The van der Waals surface area contributed by atoms with Crippen molar-refractivity contribution in [1.29, 1.82) is 0 Å². The van der Waals surface area contributed by atoms with Crippen LogP contribution in [0.25, 0.3) is 0 Å². The fourth-order valence-electron chi connectivity index (χ4n) is 1.46. The van der Waals surface area contributed by atoms with Gasteiger partial charge in [0, 0.05) is 5.56 Å². The summed E-state index contributed by atoms with van der Waals surface area (Å²) in [6.45, 7) is 1.91. The van der Waals surface area contributed by atoms with E-state index in [0.29, 0.717) is 0 Å². The highest BCUT2D eigenvalue weighted by Crippen LogP contribution is 2.31. The molecule has 0 saturated carbocycles. The monoisotopic (exact) mass is 253 g/mol. The van der Waals surface area contributed by atoms with Gasteiger partial charge in [0.25, 0.3) is 0 Å². The third-order valence-electron chi connectivity index (χ3n) is 2.27. The van der Waals surface area contributed by atoms with Gasteiger partial charge < -0.3 is 19.9 Å². The van der Waals surface area contributed by atoms with Gasteiger partial charge in [-0.3, -0.25) is 4.79 Å². The van der Waals surface area contributed by atoms with Crippen LogP contribution in [0.15, 0.2) is 12.1 Å². The van der Waals surface area contributed by atoms with Gasteiger partial charge in [0.15, 0.2) is 0 Å². The molecule has 0 aliphatic heterocycles. The first kappa shape index (κ1) is 13.8. The van der Waals surface area contributed by atoms with Crippen LogP contribution in [0, 0.1) is 0 Å². The number of carbonyl (C=O) groups excluding carboxylic acids is 2. The van der Waals surface area contributed by atoms with Gasteiger partial charge in [-0.25, -0.2) is 4.79 Å². The summed E-state index contributed by atoms with van der Waals surface area (Å²) in [5.74, 6) is -0.854. The molecule has 98 valence electrons. The number of primary amides is 1. The fourth-order valence-corrected chi connectivity index (χ4v) is 1.46. The molecule has 0 aliphatic rings. The number of esters is 1. The molecule has 1 amide bonds. The number of carbonyl (C=O) groups is 2. The molecule has 0 heterocycles. The van der Waals surface area contributed by atoms with Crippen molar-refractivity contribution in [2.75, 3.05) is 20.8 Å². The molecule has 0 spiro atoms. The summed E-state index contributed by atoms with van der Waals surface area (Å²) in [6, 6.07) is 2.74. The van der Waals surface area contributed by atoms with E-state index in [1.165, 1.54) is 26.4 Å². The molecule has 0 saturated heterocycles. The smallest absolute Gasteiger partial charge is 0.345 e. The third-order valence-corrected chi connectivity index (χ3v) is 2.27. The normalized spacial score (nSPS) is 9.72. The molecule has 0 unspecified atom stereocenters. The first-order valence-corrected chi connectivity index (χ1v) is 5.28. The van der Waals surface area contributed by atoms with Gasteiger partial charge in [0.1, 0.15) is 17.1 Å². The number of ether oxygens (including phenoxy) is 3. The minimum absolute atomic E-state index is 0.131. The highest BCUT2D eigenvalue weighted by Gasteiger charge is 2.22. The van der Waals surface area contributed by atoms with Crippen molar-refractivity contribution >= 4 is 11.9 Å². The Labute approximate surface area is 105 Å². The Morgan fingerprint density at radius 1 is 1.17 bits per heavy atom. The Hall–Kier alpha value is -2.24. The van der Waals surface area contributed by atoms with Gasteiger partial charge in [0.05, 0.1) is 20.8 Å². The molecule has 18 heavy (non-hydrogen) atoms. The standard InChI is InChI=1S/C12H15NO5/c1-4-18-12(15)10-8(16-2)5-7(11(13)14)6-9(10)17-3/h5-6H,4H2,1-3H3,(H2,13,14). The summed E-state index contributed by atoms with van der Waals surface area (Å²) in [4.78, 5) is 22.9. The van der Waals surface area contributed by atoms with E-state index in [2.05, 4.69) is 0 Å². The Balaban J connectivity index is 3.39.